The van der Waals surface area contributed by atoms with E-state index in [1.807, 2.05) is 37.3 Å². The van der Waals surface area contributed by atoms with Crippen molar-refractivity contribution in [3.05, 3.63) is 70.6 Å². The Morgan fingerprint density at radius 1 is 0.972 bits per heavy atom. The topological polar surface area (TPSA) is 92.3 Å². The van der Waals surface area contributed by atoms with Gasteiger partial charge in [0.1, 0.15) is 19.0 Å². The van der Waals surface area contributed by atoms with Crippen LogP contribution in [0.15, 0.2) is 65.0 Å². The number of para-hydroxylation sites is 1. The van der Waals surface area contributed by atoms with Crippen molar-refractivity contribution < 1.29 is 33.3 Å². The van der Waals surface area contributed by atoms with Crippen LogP contribution in [0.4, 0.5) is 0 Å². The van der Waals surface area contributed by atoms with Crippen molar-refractivity contribution in [2.75, 3.05) is 34.5 Å². The number of Topliss-reactive ketones (excluding diaryl/α,β-unsaturated/α-hetero) is 1. The van der Waals surface area contributed by atoms with Crippen LogP contribution in [-0.2, 0) is 14.3 Å². The molecule has 0 aromatic heterocycles. The zero-order valence-corrected chi connectivity index (χ0v) is 21.0. The van der Waals surface area contributed by atoms with E-state index in [9.17, 15) is 9.59 Å². The van der Waals surface area contributed by atoms with Crippen molar-refractivity contribution in [1.82, 2.24) is 5.32 Å². The summed E-state index contributed by atoms with van der Waals surface area (Å²) in [6, 6.07) is 12.9. The molecule has 0 radical (unpaired) electrons. The molecule has 0 saturated carbocycles. The largest absolute Gasteiger partial charge is 0.493 e. The molecule has 1 aliphatic heterocycles. The first-order chi connectivity index (χ1) is 17.5. The number of benzene rings is 2. The second-order valence-corrected chi connectivity index (χ2v) is 8.52. The lowest BCUT2D eigenvalue weighted by Gasteiger charge is -2.34. The maximum absolute atomic E-state index is 13.4. The zero-order chi connectivity index (χ0) is 25.7. The number of esters is 1. The van der Waals surface area contributed by atoms with E-state index in [2.05, 4.69) is 5.32 Å². The molecular weight excluding hydrogens is 462 g/mol. The molecule has 0 fully saturated rings. The Morgan fingerprint density at radius 2 is 1.67 bits per heavy atom. The predicted octanol–water partition coefficient (Wildman–Crippen LogP) is 4.30. The Bertz CT molecular complexity index is 1170. The van der Waals surface area contributed by atoms with E-state index in [1.165, 1.54) is 21.3 Å². The van der Waals surface area contributed by atoms with Crippen molar-refractivity contribution in [3.8, 4) is 23.0 Å². The minimum absolute atomic E-state index is 0.00714. The standard InChI is InChI=1S/C28H31NO7/c1-17-24(28(31)36-14-13-35-19-9-6-5-7-10-19)25(26-20(29-17)11-8-12-21(26)30)18-15-22(32-2)27(34-4)23(16-18)33-3/h5-7,9-10,15-16,25,29H,8,11-14H2,1-4H3/t25-/m0/s1. The van der Waals surface area contributed by atoms with Gasteiger partial charge in [-0.3, -0.25) is 4.79 Å². The van der Waals surface area contributed by atoms with Crippen LogP contribution in [-0.4, -0.2) is 46.3 Å². The van der Waals surface area contributed by atoms with Crippen LogP contribution in [0.5, 0.6) is 23.0 Å². The van der Waals surface area contributed by atoms with Crippen molar-refractivity contribution >= 4 is 11.8 Å². The fourth-order valence-corrected chi connectivity index (χ4v) is 4.74. The highest BCUT2D eigenvalue weighted by molar-refractivity contribution is 6.03. The Hall–Kier alpha value is -3.94. The molecule has 8 nitrogen and oxygen atoms in total. The van der Waals surface area contributed by atoms with Crippen molar-refractivity contribution in [3.63, 3.8) is 0 Å². The van der Waals surface area contributed by atoms with Crippen molar-refractivity contribution in [2.24, 2.45) is 0 Å². The number of allylic oxidation sites excluding steroid dienone is 3. The summed E-state index contributed by atoms with van der Waals surface area (Å²) in [7, 11) is 4.59. The summed E-state index contributed by atoms with van der Waals surface area (Å²) in [6.07, 6.45) is 1.91. The van der Waals surface area contributed by atoms with E-state index in [0.717, 1.165) is 18.5 Å². The van der Waals surface area contributed by atoms with Gasteiger partial charge in [0.25, 0.3) is 0 Å². The molecule has 1 N–H and O–H groups in total. The fraction of sp³-hybridized carbons (Fsp3) is 0.357. The van der Waals surface area contributed by atoms with E-state index in [-0.39, 0.29) is 19.0 Å². The summed E-state index contributed by atoms with van der Waals surface area (Å²) in [5.74, 6) is 0.874. The van der Waals surface area contributed by atoms with Gasteiger partial charge in [0, 0.05) is 29.3 Å². The van der Waals surface area contributed by atoms with Gasteiger partial charge in [-0.1, -0.05) is 18.2 Å². The molecule has 2 aromatic carbocycles. The Morgan fingerprint density at radius 3 is 2.31 bits per heavy atom. The van der Waals surface area contributed by atoms with E-state index in [1.54, 1.807) is 12.1 Å². The molecule has 0 bridgehead atoms. The number of dihydropyridines is 1. The highest BCUT2D eigenvalue weighted by Gasteiger charge is 2.40. The molecule has 2 aliphatic rings. The first kappa shape index (κ1) is 25.2. The molecule has 8 heteroatoms. The number of hydrogen-bond acceptors (Lipinski definition) is 8. The Kier molecular flexibility index (Phi) is 7.83. The lowest BCUT2D eigenvalue weighted by Crippen LogP contribution is -2.34. The summed E-state index contributed by atoms with van der Waals surface area (Å²) in [5, 5.41) is 3.29. The van der Waals surface area contributed by atoms with Crippen LogP contribution in [0.2, 0.25) is 0 Å². The van der Waals surface area contributed by atoms with Gasteiger partial charge in [-0.2, -0.15) is 0 Å². The van der Waals surface area contributed by atoms with Gasteiger partial charge >= 0.3 is 5.97 Å². The fourth-order valence-electron chi connectivity index (χ4n) is 4.74. The Labute approximate surface area is 210 Å². The molecule has 1 aliphatic carbocycles. The van der Waals surface area contributed by atoms with E-state index >= 15 is 0 Å². The molecule has 36 heavy (non-hydrogen) atoms. The lowest BCUT2D eigenvalue weighted by atomic mass is 9.75. The number of rotatable bonds is 9. The molecule has 0 unspecified atom stereocenters. The van der Waals surface area contributed by atoms with Crippen LogP contribution in [0.3, 0.4) is 0 Å². The SMILES string of the molecule is COc1cc([C@H]2C(C(=O)OCCOc3ccccc3)=C(C)NC3=C2C(=O)CCC3)cc(OC)c1OC. The maximum Gasteiger partial charge on any atom is 0.336 e. The first-order valence-electron chi connectivity index (χ1n) is 11.9. The second kappa shape index (κ2) is 11.2. The monoisotopic (exact) mass is 493 g/mol. The average molecular weight is 494 g/mol. The zero-order valence-electron chi connectivity index (χ0n) is 21.0. The second-order valence-electron chi connectivity index (χ2n) is 8.52. The van der Waals surface area contributed by atoms with Gasteiger partial charge in [0.15, 0.2) is 17.3 Å². The molecule has 0 amide bonds. The number of hydrogen-bond donors (Lipinski definition) is 1. The number of ketones is 1. The number of carbonyl (C=O) groups is 2. The molecule has 4 rings (SSSR count). The lowest BCUT2D eigenvalue weighted by molar-refractivity contribution is -0.140. The van der Waals surface area contributed by atoms with E-state index in [0.29, 0.717) is 51.8 Å². The van der Waals surface area contributed by atoms with Crippen LogP contribution in [0, 0.1) is 0 Å². The van der Waals surface area contributed by atoms with Gasteiger partial charge in [-0.25, -0.2) is 4.79 Å². The first-order valence-corrected chi connectivity index (χ1v) is 11.9. The van der Waals surface area contributed by atoms with Gasteiger partial charge in [-0.05, 0) is 49.6 Å². The maximum atomic E-state index is 13.4. The summed E-state index contributed by atoms with van der Waals surface area (Å²) in [6.45, 7) is 2.09. The normalized spacial score (nSPS) is 17.2. The van der Waals surface area contributed by atoms with Gasteiger partial charge in [-0.15, -0.1) is 0 Å². The minimum atomic E-state index is -0.634. The van der Waals surface area contributed by atoms with Gasteiger partial charge < -0.3 is 29.0 Å². The molecule has 190 valence electrons. The summed E-state index contributed by atoms with van der Waals surface area (Å²) < 4.78 is 27.8. The van der Waals surface area contributed by atoms with E-state index < -0.39 is 11.9 Å². The molecule has 1 atom stereocenters. The summed E-state index contributed by atoms with van der Waals surface area (Å²) in [4.78, 5) is 26.6. The summed E-state index contributed by atoms with van der Waals surface area (Å²) in [5.41, 5.74) is 3.12. The third kappa shape index (κ3) is 5.03. The molecule has 0 spiro atoms. The molecular formula is C28H31NO7. The van der Waals surface area contributed by atoms with E-state index in [4.69, 9.17) is 23.7 Å². The van der Waals surface area contributed by atoms with Crippen LogP contribution in [0.25, 0.3) is 0 Å². The number of ether oxygens (including phenoxy) is 5. The quantitative estimate of drug-likeness (QED) is 0.408. The minimum Gasteiger partial charge on any atom is -0.493 e. The predicted molar refractivity (Wildman–Crippen MR) is 133 cm³/mol. The highest BCUT2D eigenvalue weighted by atomic mass is 16.6. The van der Waals surface area contributed by atoms with Crippen LogP contribution >= 0.6 is 0 Å². The number of methoxy groups -OCH3 is 3. The van der Waals surface area contributed by atoms with Gasteiger partial charge in [0.05, 0.1) is 26.9 Å². The van der Waals surface area contributed by atoms with Crippen molar-refractivity contribution in [1.29, 1.82) is 0 Å². The molecule has 1 heterocycles. The molecule has 2 aromatic rings. The average Bonchev–Trinajstić information content (AvgIpc) is 2.90. The van der Waals surface area contributed by atoms with Crippen LogP contribution < -0.4 is 24.3 Å². The third-order valence-electron chi connectivity index (χ3n) is 6.34. The smallest absolute Gasteiger partial charge is 0.336 e. The number of carbonyl (C=O) groups excluding carboxylic acids is 2. The van der Waals surface area contributed by atoms with Crippen LogP contribution in [0.1, 0.15) is 37.7 Å². The van der Waals surface area contributed by atoms with Gasteiger partial charge in [0.2, 0.25) is 5.75 Å². The Balaban J connectivity index is 1.67. The number of nitrogens with one attached hydrogen (secondary N) is 1. The third-order valence-corrected chi connectivity index (χ3v) is 6.34. The molecule has 0 saturated heterocycles. The highest BCUT2D eigenvalue weighted by Crippen LogP contribution is 2.47. The summed E-state index contributed by atoms with van der Waals surface area (Å²) >= 11 is 0. The van der Waals surface area contributed by atoms with Crippen molar-refractivity contribution in [2.45, 2.75) is 32.1 Å².